The minimum atomic E-state index is 0.390. The second-order valence-corrected chi connectivity index (χ2v) is 6.56. The summed E-state index contributed by atoms with van der Waals surface area (Å²) in [6.07, 6.45) is 0.390. The minimum absolute atomic E-state index is 0.390. The van der Waals surface area contributed by atoms with Gasteiger partial charge in [-0.3, -0.25) is 0 Å². The van der Waals surface area contributed by atoms with Crippen LogP contribution in [0.5, 0.6) is 0 Å². The molecule has 0 heterocycles. The molecular formula is C18H28O. The van der Waals surface area contributed by atoms with Crippen molar-refractivity contribution in [1.29, 1.82) is 0 Å². The molecule has 0 bridgehead atoms. The Morgan fingerprint density at radius 3 is 1.74 bits per heavy atom. The summed E-state index contributed by atoms with van der Waals surface area (Å²) in [4.78, 5) is 0. The lowest BCUT2D eigenvalue weighted by Crippen LogP contribution is -2.45. The molecule has 1 fully saturated rings. The average molecular weight is 260 g/mol. The SMILES string of the molecule is CC1C(OCc2ccccc2)[C@H](C)[C@H](C)C(C)[C@H]1C. The van der Waals surface area contributed by atoms with Crippen LogP contribution in [0.15, 0.2) is 30.3 Å². The zero-order valence-corrected chi connectivity index (χ0v) is 13.0. The Hall–Kier alpha value is -0.820. The summed E-state index contributed by atoms with van der Waals surface area (Å²) in [6.45, 7) is 12.6. The molecule has 0 saturated heterocycles. The number of ether oxygens (including phenoxy) is 1. The summed E-state index contributed by atoms with van der Waals surface area (Å²) in [7, 11) is 0. The van der Waals surface area contributed by atoms with Gasteiger partial charge in [-0.1, -0.05) is 65.0 Å². The molecule has 0 N–H and O–H groups in total. The van der Waals surface area contributed by atoms with Crippen molar-refractivity contribution in [2.45, 2.75) is 47.3 Å². The largest absolute Gasteiger partial charge is 0.373 e. The van der Waals surface area contributed by atoms with Gasteiger partial charge in [0.1, 0.15) is 0 Å². The maximum absolute atomic E-state index is 6.28. The van der Waals surface area contributed by atoms with Crippen molar-refractivity contribution in [2.75, 3.05) is 0 Å². The summed E-state index contributed by atoms with van der Waals surface area (Å²) >= 11 is 0. The molecule has 1 aromatic rings. The fraction of sp³-hybridized carbons (Fsp3) is 0.667. The molecule has 1 aromatic carbocycles. The van der Waals surface area contributed by atoms with Gasteiger partial charge in [-0.15, -0.1) is 0 Å². The van der Waals surface area contributed by atoms with Gasteiger partial charge in [-0.25, -0.2) is 0 Å². The first-order valence-corrected chi connectivity index (χ1v) is 7.68. The van der Waals surface area contributed by atoms with E-state index in [9.17, 15) is 0 Å². The zero-order chi connectivity index (χ0) is 14.0. The number of benzene rings is 1. The van der Waals surface area contributed by atoms with Crippen molar-refractivity contribution in [3.8, 4) is 0 Å². The van der Waals surface area contributed by atoms with Crippen LogP contribution in [-0.4, -0.2) is 6.10 Å². The molecule has 0 amide bonds. The summed E-state index contributed by atoms with van der Waals surface area (Å²) < 4.78 is 6.28. The Morgan fingerprint density at radius 1 is 0.737 bits per heavy atom. The Bertz CT molecular complexity index is 370. The quantitative estimate of drug-likeness (QED) is 0.761. The molecule has 0 aromatic heterocycles. The van der Waals surface area contributed by atoms with Crippen molar-refractivity contribution in [3.63, 3.8) is 0 Å². The molecule has 6 atom stereocenters. The van der Waals surface area contributed by atoms with Gasteiger partial charge in [-0.2, -0.15) is 0 Å². The molecular weight excluding hydrogens is 232 g/mol. The fourth-order valence-electron chi connectivity index (χ4n) is 3.58. The summed E-state index contributed by atoms with van der Waals surface area (Å²) in [5, 5.41) is 0. The first kappa shape index (κ1) is 14.6. The molecule has 2 rings (SSSR count). The second-order valence-electron chi connectivity index (χ2n) is 6.56. The molecule has 1 heteroatoms. The van der Waals surface area contributed by atoms with E-state index >= 15 is 0 Å². The molecule has 0 aliphatic heterocycles. The smallest absolute Gasteiger partial charge is 0.0720 e. The zero-order valence-electron chi connectivity index (χ0n) is 13.0. The van der Waals surface area contributed by atoms with Crippen LogP contribution in [0.4, 0.5) is 0 Å². The van der Waals surface area contributed by atoms with Crippen LogP contribution in [0.25, 0.3) is 0 Å². The molecule has 1 aliphatic carbocycles. The monoisotopic (exact) mass is 260 g/mol. The van der Waals surface area contributed by atoms with Crippen LogP contribution in [0.2, 0.25) is 0 Å². The Morgan fingerprint density at radius 2 is 1.21 bits per heavy atom. The van der Waals surface area contributed by atoms with Gasteiger partial charge < -0.3 is 4.74 Å². The van der Waals surface area contributed by atoms with Crippen LogP contribution in [0.1, 0.15) is 40.2 Å². The predicted molar refractivity (Wildman–Crippen MR) is 80.8 cm³/mol. The molecule has 106 valence electrons. The molecule has 0 spiro atoms. The third-order valence-electron chi connectivity index (χ3n) is 5.64. The Labute approximate surface area is 118 Å². The van der Waals surface area contributed by atoms with Gasteiger partial charge in [0.15, 0.2) is 0 Å². The highest BCUT2D eigenvalue weighted by atomic mass is 16.5. The van der Waals surface area contributed by atoms with E-state index in [0.29, 0.717) is 17.9 Å². The maximum Gasteiger partial charge on any atom is 0.0720 e. The van der Waals surface area contributed by atoms with E-state index in [2.05, 4.69) is 65.0 Å². The van der Waals surface area contributed by atoms with Crippen molar-refractivity contribution in [2.24, 2.45) is 29.6 Å². The number of hydrogen-bond donors (Lipinski definition) is 0. The van der Waals surface area contributed by atoms with Gasteiger partial charge >= 0.3 is 0 Å². The molecule has 1 nitrogen and oxygen atoms in total. The van der Waals surface area contributed by atoms with Gasteiger partial charge in [0.05, 0.1) is 12.7 Å². The van der Waals surface area contributed by atoms with Gasteiger partial charge in [-0.05, 0) is 35.2 Å². The van der Waals surface area contributed by atoms with E-state index < -0.39 is 0 Å². The fourth-order valence-corrected chi connectivity index (χ4v) is 3.58. The second kappa shape index (κ2) is 6.09. The van der Waals surface area contributed by atoms with E-state index in [1.807, 2.05) is 0 Å². The number of hydrogen-bond acceptors (Lipinski definition) is 1. The van der Waals surface area contributed by atoms with Gasteiger partial charge in [0.2, 0.25) is 0 Å². The first-order valence-electron chi connectivity index (χ1n) is 7.68. The lowest BCUT2D eigenvalue weighted by molar-refractivity contribution is -0.102. The average Bonchev–Trinajstić information content (AvgIpc) is 2.44. The summed E-state index contributed by atoms with van der Waals surface area (Å²) in [5.41, 5.74) is 1.28. The lowest BCUT2D eigenvalue weighted by Gasteiger charge is -2.46. The van der Waals surface area contributed by atoms with Crippen LogP contribution >= 0.6 is 0 Å². The van der Waals surface area contributed by atoms with Crippen molar-refractivity contribution >= 4 is 0 Å². The van der Waals surface area contributed by atoms with E-state index in [1.165, 1.54) is 5.56 Å². The van der Waals surface area contributed by atoms with Crippen LogP contribution < -0.4 is 0 Å². The highest BCUT2D eigenvalue weighted by Crippen LogP contribution is 2.43. The van der Waals surface area contributed by atoms with E-state index in [4.69, 9.17) is 4.74 Å². The third kappa shape index (κ3) is 3.02. The molecule has 1 saturated carbocycles. The van der Waals surface area contributed by atoms with Gasteiger partial charge in [0.25, 0.3) is 0 Å². The third-order valence-corrected chi connectivity index (χ3v) is 5.64. The molecule has 19 heavy (non-hydrogen) atoms. The highest BCUT2D eigenvalue weighted by molar-refractivity contribution is 5.13. The maximum atomic E-state index is 6.28. The van der Waals surface area contributed by atoms with E-state index in [1.54, 1.807) is 0 Å². The Kier molecular flexibility index (Phi) is 4.67. The highest BCUT2D eigenvalue weighted by Gasteiger charge is 2.41. The molecule has 1 aliphatic rings. The summed E-state index contributed by atoms with van der Waals surface area (Å²) in [6, 6.07) is 10.5. The van der Waals surface area contributed by atoms with Crippen molar-refractivity contribution < 1.29 is 4.74 Å². The summed E-state index contributed by atoms with van der Waals surface area (Å²) in [5.74, 6) is 3.57. The van der Waals surface area contributed by atoms with Crippen molar-refractivity contribution in [1.82, 2.24) is 0 Å². The van der Waals surface area contributed by atoms with Crippen LogP contribution in [-0.2, 0) is 11.3 Å². The van der Waals surface area contributed by atoms with Gasteiger partial charge in [0, 0.05) is 0 Å². The van der Waals surface area contributed by atoms with E-state index in [-0.39, 0.29) is 0 Å². The first-order chi connectivity index (χ1) is 9.02. The Balaban J connectivity index is 2.02. The van der Waals surface area contributed by atoms with Crippen molar-refractivity contribution in [3.05, 3.63) is 35.9 Å². The van der Waals surface area contributed by atoms with Crippen LogP contribution in [0, 0.1) is 29.6 Å². The van der Waals surface area contributed by atoms with Crippen LogP contribution in [0.3, 0.4) is 0 Å². The normalized spacial score (nSPS) is 39.2. The lowest BCUT2D eigenvalue weighted by atomic mass is 9.63. The predicted octanol–water partition coefficient (Wildman–Crippen LogP) is 4.77. The molecule has 3 unspecified atom stereocenters. The molecule has 0 radical (unpaired) electrons. The van der Waals surface area contributed by atoms with E-state index in [0.717, 1.165) is 24.4 Å². The standard InChI is InChI=1S/C18H28O/c1-12-13(2)15(4)18(16(5)14(12)3)19-11-17-9-7-6-8-10-17/h6-10,12-16,18H,11H2,1-5H3/t12?,13-,14-,15-,16?,18?/m1/s1. The number of rotatable bonds is 3. The topological polar surface area (TPSA) is 9.23 Å². The minimum Gasteiger partial charge on any atom is -0.373 e.